The van der Waals surface area contributed by atoms with Crippen molar-refractivity contribution in [1.82, 2.24) is 0 Å². The number of fused-ring (bicyclic) bond motifs is 1. The molecule has 1 aliphatic heterocycles. The van der Waals surface area contributed by atoms with E-state index in [-0.39, 0.29) is 0 Å². The largest absolute Gasteiger partial charge is 0.160 e. The molecule has 0 N–H and O–H groups in total. The van der Waals surface area contributed by atoms with E-state index in [1.807, 2.05) is 30.0 Å². The van der Waals surface area contributed by atoms with Gasteiger partial charge in [-0.2, -0.15) is 15.6 Å². The molecule has 2 rings (SSSR count). The predicted molar refractivity (Wildman–Crippen MR) is 48.4 cm³/mol. The summed E-state index contributed by atoms with van der Waals surface area (Å²) in [6, 6.07) is 5.81. The highest BCUT2D eigenvalue weighted by atomic mass is 32.2. The average molecular weight is 186 g/mol. The lowest BCUT2D eigenvalue weighted by Gasteiger charge is -1.97. The third kappa shape index (κ3) is 1.40. The zero-order chi connectivity index (χ0) is 7.68. The Morgan fingerprint density at radius 1 is 1.27 bits per heavy atom. The molecule has 0 amide bonds. The first-order valence-electron chi connectivity index (χ1n) is 3.38. The van der Waals surface area contributed by atoms with E-state index >= 15 is 0 Å². The molecule has 1 aromatic rings. The van der Waals surface area contributed by atoms with Crippen molar-refractivity contribution >= 4 is 23.9 Å². The molecule has 0 spiro atoms. The highest BCUT2D eigenvalue weighted by Crippen LogP contribution is 2.32. The number of hydrogen-bond donors (Lipinski definition) is 0. The van der Waals surface area contributed by atoms with Gasteiger partial charge in [0.15, 0.2) is 0 Å². The van der Waals surface area contributed by atoms with Crippen LogP contribution >= 0.6 is 23.9 Å². The van der Waals surface area contributed by atoms with Crippen molar-refractivity contribution < 1.29 is 3.89 Å². The Balaban J connectivity index is 2.41. The number of benzene rings is 1. The fourth-order valence-corrected chi connectivity index (χ4v) is 2.59. The monoisotopic (exact) mass is 186 g/mol. The lowest BCUT2D eigenvalue weighted by Crippen LogP contribution is -1.80. The summed E-state index contributed by atoms with van der Waals surface area (Å²) >= 11 is 2.22. The Morgan fingerprint density at radius 3 is 2.91 bits per heavy atom. The summed E-state index contributed by atoms with van der Waals surface area (Å²) in [5.74, 6) is 2.14. The topological polar surface area (TPSA) is 0 Å². The van der Waals surface area contributed by atoms with Gasteiger partial charge < -0.3 is 0 Å². The molecule has 1 aliphatic rings. The maximum atomic E-state index is 12.1. The minimum absolute atomic E-state index is 0.326. The quantitative estimate of drug-likeness (QED) is 0.659. The van der Waals surface area contributed by atoms with E-state index in [0.29, 0.717) is 12.1 Å². The maximum Gasteiger partial charge on any atom is 0.0812 e. The minimum atomic E-state index is 0.326. The molecule has 0 saturated carbocycles. The van der Waals surface area contributed by atoms with Crippen LogP contribution in [0.3, 0.4) is 0 Å². The minimum Gasteiger partial charge on any atom is -0.160 e. The van der Waals surface area contributed by atoms with E-state index in [4.69, 9.17) is 0 Å². The van der Waals surface area contributed by atoms with E-state index in [1.54, 1.807) is 0 Å². The highest BCUT2D eigenvalue weighted by Gasteiger charge is 2.10. The van der Waals surface area contributed by atoms with Gasteiger partial charge in [0.1, 0.15) is 0 Å². The summed E-state index contributed by atoms with van der Waals surface area (Å²) in [6.07, 6.45) is 0. The van der Waals surface area contributed by atoms with Crippen molar-refractivity contribution in [1.29, 1.82) is 0 Å². The number of thioether (sulfide) groups is 1. The van der Waals surface area contributed by atoms with Gasteiger partial charge >= 0.3 is 0 Å². The van der Waals surface area contributed by atoms with Gasteiger partial charge in [-0.15, -0.1) is 0 Å². The van der Waals surface area contributed by atoms with E-state index in [0.717, 1.165) is 16.4 Å². The van der Waals surface area contributed by atoms with Crippen LogP contribution in [0.25, 0.3) is 0 Å². The molecule has 0 aliphatic carbocycles. The molecule has 0 aromatic heterocycles. The Labute approximate surface area is 73.9 Å². The van der Waals surface area contributed by atoms with Gasteiger partial charge in [0.2, 0.25) is 0 Å². The van der Waals surface area contributed by atoms with Crippen LogP contribution in [-0.2, 0) is 11.5 Å². The van der Waals surface area contributed by atoms with Crippen molar-refractivity contribution in [2.75, 3.05) is 0 Å². The molecule has 0 unspecified atom stereocenters. The molecule has 1 heterocycles. The molecular weight excluding hydrogens is 179 g/mol. The van der Waals surface area contributed by atoms with Crippen molar-refractivity contribution in [2.45, 2.75) is 16.4 Å². The average Bonchev–Trinajstić information content (AvgIpc) is 2.50. The molecule has 0 atom stereocenters. The Morgan fingerprint density at radius 2 is 2.09 bits per heavy atom. The number of halogens is 1. The SMILES string of the molecule is FSc1ccc2c(c1)CSC2. The zero-order valence-electron chi connectivity index (χ0n) is 5.84. The molecule has 58 valence electrons. The first kappa shape index (κ1) is 7.50. The normalized spacial score (nSPS) is 15.0. The molecule has 0 fully saturated rings. The summed E-state index contributed by atoms with van der Waals surface area (Å²) in [5.41, 5.74) is 2.67. The van der Waals surface area contributed by atoms with Gasteiger partial charge in [0.25, 0.3) is 0 Å². The van der Waals surface area contributed by atoms with Crippen LogP contribution in [0.15, 0.2) is 23.1 Å². The summed E-state index contributed by atoms with van der Waals surface area (Å²) in [6.45, 7) is 0. The second kappa shape index (κ2) is 3.07. The fourth-order valence-electron chi connectivity index (χ4n) is 1.20. The Hall–Kier alpha value is -0.150. The molecular formula is C8H7FS2. The standard InChI is InChI=1S/C8H7FS2/c9-11-8-2-1-6-4-10-5-7(6)3-8/h1-3H,4-5H2. The van der Waals surface area contributed by atoms with Crippen molar-refractivity contribution in [3.8, 4) is 0 Å². The van der Waals surface area contributed by atoms with Crippen molar-refractivity contribution in [3.05, 3.63) is 29.3 Å². The number of rotatable bonds is 1. The van der Waals surface area contributed by atoms with Gasteiger partial charge in [-0.05, 0) is 23.3 Å². The lowest BCUT2D eigenvalue weighted by atomic mass is 10.1. The highest BCUT2D eigenvalue weighted by molar-refractivity contribution is 7.98. The Bertz CT molecular complexity index is 273. The van der Waals surface area contributed by atoms with Crippen LogP contribution in [-0.4, -0.2) is 0 Å². The second-order valence-electron chi connectivity index (χ2n) is 2.50. The second-order valence-corrected chi connectivity index (χ2v) is 4.11. The van der Waals surface area contributed by atoms with Gasteiger partial charge in [-0.25, -0.2) is 0 Å². The summed E-state index contributed by atoms with van der Waals surface area (Å²) in [7, 11) is 0. The van der Waals surface area contributed by atoms with E-state index in [2.05, 4.69) is 0 Å². The molecule has 3 heteroatoms. The summed E-state index contributed by atoms with van der Waals surface area (Å²) < 4.78 is 12.1. The molecule has 0 bridgehead atoms. The van der Waals surface area contributed by atoms with Crippen LogP contribution in [0.1, 0.15) is 11.1 Å². The van der Waals surface area contributed by atoms with Crippen LogP contribution in [0.5, 0.6) is 0 Å². The summed E-state index contributed by atoms with van der Waals surface area (Å²) in [4.78, 5) is 0.728. The van der Waals surface area contributed by atoms with Crippen LogP contribution in [0.4, 0.5) is 3.89 Å². The first-order chi connectivity index (χ1) is 5.40. The predicted octanol–water partition coefficient (Wildman–Crippen LogP) is 3.41. The third-order valence-corrected chi connectivity index (χ3v) is 3.24. The fraction of sp³-hybridized carbons (Fsp3) is 0.250. The van der Waals surface area contributed by atoms with Gasteiger partial charge in [-0.3, -0.25) is 0 Å². The van der Waals surface area contributed by atoms with E-state index in [9.17, 15) is 3.89 Å². The zero-order valence-corrected chi connectivity index (χ0v) is 7.47. The van der Waals surface area contributed by atoms with Gasteiger partial charge in [0, 0.05) is 16.4 Å². The smallest absolute Gasteiger partial charge is 0.0812 e. The van der Waals surface area contributed by atoms with Crippen LogP contribution < -0.4 is 0 Å². The summed E-state index contributed by atoms with van der Waals surface area (Å²) in [5, 5.41) is 0. The molecule has 11 heavy (non-hydrogen) atoms. The molecule has 0 radical (unpaired) electrons. The van der Waals surface area contributed by atoms with Gasteiger partial charge in [-0.1, -0.05) is 6.07 Å². The molecule has 0 saturated heterocycles. The molecule has 0 nitrogen and oxygen atoms in total. The van der Waals surface area contributed by atoms with Crippen molar-refractivity contribution in [3.63, 3.8) is 0 Å². The lowest BCUT2D eigenvalue weighted by molar-refractivity contribution is 0.933. The van der Waals surface area contributed by atoms with Crippen LogP contribution in [0.2, 0.25) is 0 Å². The number of hydrogen-bond acceptors (Lipinski definition) is 2. The van der Waals surface area contributed by atoms with Crippen LogP contribution in [0, 0.1) is 0 Å². The van der Waals surface area contributed by atoms with E-state index < -0.39 is 0 Å². The first-order valence-corrected chi connectivity index (χ1v) is 5.25. The third-order valence-electron chi connectivity index (χ3n) is 1.78. The van der Waals surface area contributed by atoms with Gasteiger partial charge in [0.05, 0.1) is 12.1 Å². The Kier molecular flexibility index (Phi) is 2.09. The molecule has 1 aromatic carbocycles. The maximum absolute atomic E-state index is 12.1. The van der Waals surface area contributed by atoms with Crippen molar-refractivity contribution in [2.24, 2.45) is 0 Å². The van der Waals surface area contributed by atoms with E-state index in [1.165, 1.54) is 11.1 Å².